The molecule has 164 valence electrons. The highest BCUT2D eigenvalue weighted by Gasteiger charge is 2.32. The molecule has 8 nitrogen and oxygen atoms in total. The summed E-state index contributed by atoms with van der Waals surface area (Å²) in [6.45, 7) is 4.60. The van der Waals surface area contributed by atoms with Crippen LogP contribution in [0.4, 0.5) is 0 Å². The van der Waals surface area contributed by atoms with E-state index < -0.39 is 0 Å². The number of nitrogens with zero attached hydrogens (tertiary/aromatic N) is 3. The van der Waals surface area contributed by atoms with Crippen molar-refractivity contribution < 1.29 is 18.8 Å². The van der Waals surface area contributed by atoms with Crippen molar-refractivity contribution in [2.24, 2.45) is 0 Å². The molecule has 0 saturated carbocycles. The van der Waals surface area contributed by atoms with Crippen molar-refractivity contribution in [3.63, 3.8) is 0 Å². The van der Waals surface area contributed by atoms with E-state index in [1.54, 1.807) is 20.4 Å². The minimum atomic E-state index is -0.0971. The van der Waals surface area contributed by atoms with Crippen LogP contribution in [0.15, 0.2) is 28.9 Å². The number of carbonyl (C=O) groups is 1. The van der Waals surface area contributed by atoms with Crippen molar-refractivity contribution >= 4 is 5.91 Å². The number of hydrogen-bond donors (Lipinski definition) is 1. The number of methoxy groups -OCH3 is 2. The average Bonchev–Trinajstić information content (AvgIpc) is 3.40. The highest BCUT2D eigenvalue weighted by Crippen LogP contribution is 2.38. The molecule has 1 aliphatic heterocycles. The summed E-state index contributed by atoms with van der Waals surface area (Å²) in [5, 5.41) is 11.5. The molecule has 0 aliphatic carbocycles. The number of aromatic nitrogens is 3. The van der Waals surface area contributed by atoms with Crippen molar-refractivity contribution in [3.8, 4) is 22.8 Å². The molecule has 0 spiro atoms. The van der Waals surface area contributed by atoms with Crippen LogP contribution in [0.2, 0.25) is 0 Å². The van der Waals surface area contributed by atoms with Crippen LogP contribution in [0.5, 0.6) is 11.5 Å². The Labute approximate surface area is 181 Å². The van der Waals surface area contributed by atoms with Gasteiger partial charge in [0.2, 0.25) is 5.91 Å². The van der Waals surface area contributed by atoms with E-state index in [2.05, 4.69) is 15.4 Å². The van der Waals surface area contributed by atoms with E-state index in [-0.39, 0.29) is 18.4 Å². The molecule has 0 bridgehead atoms. The number of amides is 1. The third-order valence-corrected chi connectivity index (χ3v) is 6.06. The number of hydrogen-bond acceptors (Lipinski definition) is 6. The van der Waals surface area contributed by atoms with E-state index in [0.29, 0.717) is 23.8 Å². The van der Waals surface area contributed by atoms with Crippen molar-refractivity contribution in [1.82, 2.24) is 20.3 Å². The van der Waals surface area contributed by atoms with Crippen LogP contribution < -0.4 is 9.47 Å². The summed E-state index contributed by atoms with van der Waals surface area (Å²) in [6.07, 6.45) is 4.87. The summed E-state index contributed by atoms with van der Waals surface area (Å²) in [5.74, 6) is 2.12. The quantitative estimate of drug-likeness (QED) is 0.643. The van der Waals surface area contributed by atoms with Crippen molar-refractivity contribution in [2.45, 2.75) is 45.6 Å². The molecule has 1 amide bonds. The Bertz CT molecular complexity index is 1070. The minimum Gasteiger partial charge on any atom is -0.497 e. The van der Waals surface area contributed by atoms with Gasteiger partial charge in [-0.1, -0.05) is 5.16 Å². The molecule has 1 N–H and O–H groups in total. The number of benzene rings is 1. The Balaban J connectivity index is 1.63. The fourth-order valence-electron chi connectivity index (χ4n) is 4.21. The predicted molar refractivity (Wildman–Crippen MR) is 115 cm³/mol. The summed E-state index contributed by atoms with van der Waals surface area (Å²) >= 11 is 0. The van der Waals surface area contributed by atoms with Crippen LogP contribution in [0, 0.1) is 13.8 Å². The lowest BCUT2D eigenvalue weighted by molar-refractivity contribution is -0.134. The molecule has 1 aliphatic rings. The fourth-order valence-corrected chi connectivity index (χ4v) is 4.21. The van der Waals surface area contributed by atoms with Gasteiger partial charge in [-0.2, -0.15) is 5.10 Å². The van der Waals surface area contributed by atoms with Gasteiger partial charge in [0, 0.05) is 17.7 Å². The number of H-pyrrole nitrogens is 1. The molecule has 0 unspecified atom stereocenters. The van der Waals surface area contributed by atoms with Gasteiger partial charge in [0.25, 0.3) is 0 Å². The summed E-state index contributed by atoms with van der Waals surface area (Å²) in [7, 11) is 3.22. The second-order valence-electron chi connectivity index (χ2n) is 7.87. The Hall–Kier alpha value is -3.29. The predicted octanol–water partition coefficient (Wildman–Crippen LogP) is 4.00. The second-order valence-corrected chi connectivity index (χ2v) is 7.87. The molecule has 3 aromatic rings. The van der Waals surface area contributed by atoms with Crippen LogP contribution in [0.25, 0.3) is 11.3 Å². The van der Waals surface area contributed by atoms with Gasteiger partial charge in [0.1, 0.15) is 11.5 Å². The van der Waals surface area contributed by atoms with Crippen LogP contribution in [-0.4, -0.2) is 46.9 Å². The SMILES string of the molecule is COc1ccc(OC)c(CC(=O)N2CCCC[C@H]2c2[nH]ncc2-c2onc(C)c2C)c1. The molecular weight excluding hydrogens is 396 g/mol. The number of nitrogens with one attached hydrogen (secondary N) is 1. The van der Waals surface area contributed by atoms with Crippen LogP contribution in [0.1, 0.15) is 47.8 Å². The minimum absolute atomic E-state index is 0.0438. The molecule has 1 fully saturated rings. The maximum atomic E-state index is 13.4. The molecule has 8 heteroatoms. The monoisotopic (exact) mass is 424 g/mol. The topological polar surface area (TPSA) is 93.5 Å². The summed E-state index contributed by atoms with van der Waals surface area (Å²) in [5.41, 5.74) is 4.40. The maximum absolute atomic E-state index is 13.4. The molecule has 1 atom stereocenters. The number of aryl methyl sites for hydroxylation is 1. The van der Waals surface area contributed by atoms with Gasteiger partial charge in [0.15, 0.2) is 5.76 Å². The lowest BCUT2D eigenvalue weighted by Gasteiger charge is -2.35. The summed E-state index contributed by atoms with van der Waals surface area (Å²) in [4.78, 5) is 15.4. The van der Waals surface area contributed by atoms with Gasteiger partial charge in [-0.25, -0.2) is 0 Å². The highest BCUT2D eigenvalue weighted by molar-refractivity contribution is 5.80. The lowest BCUT2D eigenvalue weighted by atomic mass is 9.94. The Morgan fingerprint density at radius 2 is 2.10 bits per heavy atom. The van der Waals surface area contributed by atoms with Gasteiger partial charge in [-0.3, -0.25) is 9.89 Å². The number of aromatic amines is 1. The standard InChI is InChI=1S/C23H28N4O4/c1-14-15(2)26-31-23(14)18-13-24-25-22(18)19-7-5-6-10-27(19)21(28)12-16-11-17(29-3)8-9-20(16)30-4/h8-9,11,13,19H,5-7,10,12H2,1-4H3,(H,24,25)/t19-/m0/s1. The maximum Gasteiger partial charge on any atom is 0.227 e. The first-order chi connectivity index (χ1) is 15.0. The smallest absolute Gasteiger partial charge is 0.227 e. The first-order valence-corrected chi connectivity index (χ1v) is 10.5. The Kier molecular flexibility index (Phi) is 5.97. The largest absolute Gasteiger partial charge is 0.497 e. The molecule has 2 aromatic heterocycles. The van der Waals surface area contributed by atoms with Crippen LogP contribution in [0.3, 0.4) is 0 Å². The van der Waals surface area contributed by atoms with E-state index in [0.717, 1.165) is 47.3 Å². The zero-order valence-corrected chi connectivity index (χ0v) is 18.4. The summed E-state index contributed by atoms with van der Waals surface area (Å²) < 4.78 is 16.4. The normalized spacial score (nSPS) is 16.4. The average molecular weight is 425 g/mol. The molecular formula is C23H28N4O4. The zero-order chi connectivity index (χ0) is 22.0. The van der Waals surface area contributed by atoms with Crippen molar-refractivity contribution in [2.75, 3.05) is 20.8 Å². The molecule has 3 heterocycles. The van der Waals surface area contributed by atoms with Crippen LogP contribution in [-0.2, 0) is 11.2 Å². The number of rotatable bonds is 6. The Morgan fingerprint density at radius 3 is 2.81 bits per heavy atom. The Morgan fingerprint density at radius 1 is 1.26 bits per heavy atom. The fraction of sp³-hybridized carbons (Fsp3) is 0.435. The van der Waals surface area contributed by atoms with E-state index >= 15 is 0 Å². The van der Waals surface area contributed by atoms with Gasteiger partial charge in [0.05, 0.1) is 49.8 Å². The van der Waals surface area contributed by atoms with E-state index in [4.69, 9.17) is 14.0 Å². The first-order valence-electron chi connectivity index (χ1n) is 10.5. The third-order valence-electron chi connectivity index (χ3n) is 6.06. The van der Waals surface area contributed by atoms with Gasteiger partial charge < -0.3 is 18.9 Å². The molecule has 0 radical (unpaired) electrons. The number of ether oxygens (including phenoxy) is 2. The number of carbonyl (C=O) groups excluding carboxylic acids is 1. The molecule has 1 aromatic carbocycles. The van der Waals surface area contributed by atoms with Crippen molar-refractivity contribution in [3.05, 3.63) is 46.9 Å². The van der Waals surface area contributed by atoms with Gasteiger partial charge >= 0.3 is 0 Å². The van der Waals surface area contributed by atoms with Crippen molar-refractivity contribution in [1.29, 1.82) is 0 Å². The number of piperidine rings is 1. The lowest BCUT2D eigenvalue weighted by Crippen LogP contribution is -2.39. The van der Waals surface area contributed by atoms with E-state index in [1.807, 2.05) is 36.9 Å². The molecule has 4 rings (SSSR count). The molecule has 1 saturated heterocycles. The highest BCUT2D eigenvalue weighted by atomic mass is 16.5. The van der Waals surface area contributed by atoms with Crippen LogP contribution >= 0.6 is 0 Å². The first kappa shape index (κ1) is 21.0. The van der Waals surface area contributed by atoms with E-state index in [9.17, 15) is 4.79 Å². The van der Waals surface area contributed by atoms with Gasteiger partial charge in [-0.15, -0.1) is 0 Å². The summed E-state index contributed by atoms with van der Waals surface area (Å²) in [6, 6.07) is 5.42. The zero-order valence-electron chi connectivity index (χ0n) is 18.4. The van der Waals surface area contributed by atoms with E-state index in [1.165, 1.54) is 0 Å². The second kappa shape index (κ2) is 8.83. The number of likely N-dealkylation sites (tertiary alicyclic amines) is 1. The van der Waals surface area contributed by atoms with Gasteiger partial charge in [-0.05, 0) is 51.3 Å². The molecule has 31 heavy (non-hydrogen) atoms. The third kappa shape index (κ3) is 4.02.